The maximum Gasteiger partial charge on any atom is 0.240 e. The van der Waals surface area contributed by atoms with Crippen molar-refractivity contribution >= 4 is 32.0 Å². The summed E-state index contributed by atoms with van der Waals surface area (Å²) in [4.78, 5) is 10.9. The minimum absolute atomic E-state index is 0.254. The Hall–Kier alpha value is -3.42. The molecule has 5 aromatic rings. The summed E-state index contributed by atoms with van der Waals surface area (Å²) in [5.41, 5.74) is 4.91. The first-order valence-corrected chi connectivity index (χ1v) is 11.2. The van der Waals surface area contributed by atoms with E-state index in [0.717, 1.165) is 38.6 Å². The average molecular weight is 417 g/mol. The minimum atomic E-state index is -3.58. The van der Waals surface area contributed by atoms with Crippen LogP contribution in [0.5, 0.6) is 0 Å². The van der Waals surface area contributed by atoms with Gasteiger partial charge in [-0.15, -0.1) is 0 Å². The normalized spacial score (nSPS) is 12.0. The number of hydrogen-bond acceptors (Lipinski definition) is 3. The third-order valence-corrected chi connectivity index (χ3v) is 6.77. The fourth-order valence-corrected chi connectivity index (χ4v) is 4.80. The number of H-pyrrole nitrogens is 2. The van der Waals surface area contributed by atoms with Gasteiger partial charge in [-0.05, 0) is 53.4 Å². The molecular weight excluding hydrogens is 396 g/mol. The summed E-state index contributed by atoms with van der Waals surface area (Å²) in [5.74, 6) is 0. The number of nitrogens with zero attached hydrogens (tertiary/aromatic N) is 1. The summed E-state index contributed by atoms with van der Waals surface area (Å²) in [6.07, 6.45) is 6.14. The molecule has 5 rings (SSSR count). The molecule has 6 nitrogen and oxygen atoms in total. The Morgan fingerprint density at radius 2 is 1.73 bits per heavy atom. The summed E-state index contributed by atoms with van der Waals surface area (Å²) >= 11 is 0. The molecule has 3 heterocycles. The van der Waals surface area contributed by atoms with Crippen LogP contribution in [-0.2, 0) is 16.4 Å². The van der Waals surface area contributed by atoms with Gasteiger partial charge in [0, 0.05) is 41.4 Å². The lowest BCUT2D eigenvalue weighted by atomic mass is 10.0. The Morgan fingerprint density at radius 3 is 2.60 bits per heavy atom. The predicted octanol–water partition coefficient (Wildman–Crippen LogP) is 4.23. The van der Waals surface area contributed by atoms with Gasteiger partial charge in [0.15, 0.2) is 0 Å². The maximum atomic E-state index is 12.7. The first-order chi connectivity index (χ1) is 14.6. The van der Waals surface area contributed by atoms with Crippen molar-refractivity contribution in [1.82, 2.24) is 19.7 Å². The van der Waals surface area contributed by atoms with Crippen molar-refractivity contribution in [3.05, 3.63) is 84.8 Å². The van der Waals surface area contributed by atoms with E-state index >= 15 is 0 Å². The van der Waals surface area contributed by atoms with E-state index in [1.807, 2.05) is 60.9 Å². The molecule has 0 bridgehead atoms. The molecule has 0 saturated heterocycles. The van der Waals surface area contributed by atoms with Gasteiger partial charge in [-0.3, -0.25) is 0 Å². The number of rotatable bonds is 6. The second-order valence-electron chi connectivity index (χ2n) is 7.13. The Kier molecular flexibility index (Phi) is 4.61. The summed E-state index contributed by atoms with van der Waals surface area (Å²) in [6.45, 7) is 0.334. The van der Waals surface area contributed by atoms with Crippen molar-refractivity contribution in [2.45, 2.75) is 11.3 Å². The molecule has 30 heavy (non-hydrogen) atoms. The van der Waals surface area contributed by atoms with Crippen LogP contribution < -0.4 is 4.72 Å². The molecule has 0 aliphatic carbocycles. The lowest BCUT2D eigenvalue weighted by Gasteiger charge is -2.08. The van der Waals surface area contributed by atoms with Crippen molar-refractivity contribution in [2.24, 2.45) is 0 Å². The van der Waals surface area contributed by atoms with E-state index in [-0.39, 0.29) is 4.90 Å². The Bertz CT molecular complexity index is 1430. The number of benzene rings is 2. The van der Waals surface area contributed by atoms with Gasteiger partial charge in [0.05, 0.1) is 4.90 Å². The van der Waals surface area contributed by atoms with E-state index < -0.39 is 10.0 Å². The van der Waals surface area contributed by atoms with Gasteiger partial charge in [0.25, 0.3) is 0 Å². The van der Waals surface area contributed by atoms with Crippen LogP contribution in [0.15, 0.2) is 84.1 Å². The topological polar surface area (TPSA) is 90.6 Å². The standard InChI is InChI=1S/C23H20N4O2S/c28-30(29,27-14-9-17-15-26-22-4-2-1-3-20(17)22)18-7-5-16(6-8-18)19-10-12-24-23-21(19)11-13-25-23/h1-8,10-13,15,26-27H,9,14H2,(H,24,25). The zero-order valence-corrected chi connectivity index (χ0v) is 16.9. The SMILES string of the molecule is O=S(=O)(NCCc1c[nH]c2ccccc12)c1ccc(-c2ccnc3[nH]ccc23)cc1. The maximum absolute atomic E-state index is 12.7. The van der Waals surface area contributed by atoms with Crippen LogP contribution >= 0.6 is 0 Å². The molecule has 0 fully saturated rings. The monoisotopic (exact) mass is 416 g/mol. The average Bonchev–Trinajstić information content (AvgIpc) is 3.41. The van der Waals surface area contributed by atoms with Crippen molar-refractivity contribution in [2.75, 3.05) is 6.54 Å². The van der Waals surface area contributed by atoms with Crippen molar-refractivity contribution in [1.29, 1.82) is 0 Å². The minimum Gasteiger partial charge on any atom is -0.361 e. The van der Waals surface area contributed by atoms with Gasteiger partial charge in [0.1, 0.15) is 5.65 Å². The van der Waals surface area contributed by atoms with Crippen molar-refractivity contribution in [3.63, 3.8) is 0 Å². The Morgan fingerprint density at radius 1 is 0.900 bits per heavy atom. The van der Waals surface area contributed by atoms with E-state index in [9.17, 15) is 8.42 Å². The summed E-state index contributed by atoms with van der Waals surface area (Å²) in [5, 5.41) is 2.12. The molecule has 0 radical (unpaired) electrons. The number of nitrogens with one attached hydrogen (secondary N) is 3. The van der Waals surface area contributed by atoms with Crippen LogP contribution in [0.2, 0.25) is 0 Å². The van der Waals surface area contributed by atoms with E-state index in [1.165, 1.54) is 0 Å². The summed E-state index contributed by atoms with van der Waals surface area (Å²) in [6, 6.07) is 18.8. The third kappa shape index (κ3) is 3.38. The lowest BCUT2D eigenvalue weighted by Crippen LogP contribution is -2.25. The summed E-state index contributed by atoms with van der Waals surface area (Å²) < 4.78 is 28.1. The highest BCUT2D eigenvalue weighted by molar-refractivity contribution is 7.89. The molecule has 0 saturated carbocycles. The van der Waals surface area contributed by atoms with Crippen LogP contribution in [-0.4, -0.2) is 29.9 Å². The number of para-hydroxylation sites is 1. The molecule has 0 unspecified atom stereocenters. The first kappa shape index (κ1) is 18.6. The molecule has 0 aliphatic rings. The number of aromatic nitrogens is 3. The quantitative estimate of drug-likeness (QED) is 0.387. The highest BCUT2D eigenvalue weighted by atomic mass is 32.2. The second kappa shape index (κ2) is 7.44. The predicted molar refractivity (Wildman–Crippen MR) is 119 cm³/mol. The molecule has 0 aliphatic heterocycles. The van der Waals surface area contributed by atoms with Crippen LogP contribution in [0.1, 0.15) is 5.56 Å². The Labute approximate surface area is 174 Å². The molecule has 2 aromatic carbocycles. The van der Waals surface area contributed by atoms with Crippen LogP contribution in [0, 0.1) is 0 Å². The fraction of sp³-hybridized carbons (Fsp3) is 0.0870. The van der Waals surface area contributed by atoms with Crippen LogP contribution in [0.3, 0.4) is 0 Å². The molecule has 150 valence electrons. The number of pyridine rings is 1. The molecular formula is C23H20N4O2S. The van der Waals surface area contributed by atoms with E-state index in [4.69, 9.17) is 0 Å². The zero-order chi connectivity index (χ0) is 20.6. The van der Waals surface area contributed by atoms with Crippen molar-refractivity contribution in [3.8, 4) is 11.1 Å². The second-order valence-corrected chi connectivity index (χ2v) is 8.90. The molecule has 0 spiro atoms. The smallest absolute Gasteiger partial charge is 0.240 e. The van der Waals surface area contributed by atoms with Crippen LogP contribution in [0.25, 0.3) is 33.1 Å². The third-order valence-electron chi connectivity index (χ3n) is 5.30. The fourth-order valence-electron chi connectivity index (χ4n) is 3.77. The van der Waals surface area contributed by atoms with Gasteiger partial charge in [-0.1, -0.05) is 30.3 Å². The number of fused-ring (bicyclic) bond motifs is 2. The van der Waals surface area contributed by atoms with Gasteiger partial charge >= 0.3 is 0 Å². The number of hydrogen-bond donors (Lipinski definition) is 3. The number of aromatic amines is 2. The highest BCUT2D eigenvalue weighted by Crippen LogP contribution is 2.27. The molecule has 0 amide bonds. The molecule has 0 atom stereocenters. The lowest BCUT2D eigenvalue weighted by molar-refractivity contribution is 0.582. The first-order valence-electron chi connectivity index (χ1n) is 9.69. The molecule has 7 heteroatoms. The van der Waals surface area contributed by atoms with E-state index in [0.29, 0.717) is 13.0 Å². The largest absolute Gasteiger partial charge is 0.361 e. The highest BCUT2D eigenvalue weighted by Gasteiger charge is 2.15. The van der Waals surface area contributed by atoms with Gasteiger partial charge in [-0.25, -0.2) is 18.1 Å². The Balaban J connectivity index is 1.31. The summed E-state index contributed by atoms with van der Waals surface area (Å²) in [7, 11) is -3.58. The zero-order valence-electron chi connectivity index (χ0n) is 16.1. The molecule has 3 aromatic heterocycles. The van der Waals surface area contributed by atoms with Crippen molar-refractivity contribution < 1.29 is 8.42 Å². The van der Waals surface area contributed by atoms with Gasteiger partial charge in [0.2, 0.25) is 10.0 Å². The van der Waals surface area contributed by atoms with Crippen LogP contribution in [0.4, 0.5) is 0 Å². The van der Waals surface area contributed by atoms with E-state index in [1.54, 1.807) is 18.3 Å². The van der Waals surface area contributed by atoms with Gasteiger partial charge in [-0.2, -0.15) is 0 Å². The van der Waals surface area contributed by atoms with Gasteiger partial charge < -0.3 is 9.97 Å². The number of sulfonamides is 1. The van der Waals surface area contributed by atoms with E-state index in [2.05, 4.69) is 19.7 Å². The molecule has 3 N–H and O–H groups in total.